The maximum absolute atomic E-state index is 11.5. The van der Waals surface area contributed by atoms with E-state index < -0.39 is 4.92 Å². The number of nitro groups is 1. The number of Topliss-reactive ketones (excluding diaryl/α,β-unsaturated/α-hetero) is 1. The number of benzene rings is 2. The lowest BCUT2D eigenvalue weighted by molar-refractivity contribution is -0.384. The first kappa shape index (κ1) is 18.8. The van der Waals surface area contributed by atoms with E-state index in [0.29, 0.717) is 22.1 Å². The minimum Gasteiger partial charge on any atom is -0.316 e. The van der Waals surface area contributed by atoms with E-state index in [1.807, 2.05) is 36.4 Å². The Hall–Kier alpha value is -3.59. The maximum Gasteiger partial charge on any atom is 0.270 e. The highest BCUT2D eigenvalue weighted by atomic mass is 32.2. The van der Waals surface area contributed by atoms with Crippen LogP contribution in [0.4, 0.5) is 5.69 Å². The zero-order valence-electron chi connectivity index (χ0n) is 15.3. The molecule has 0 aliphatic carbocycles. The van der Waals surface area contributed by atoms with Crippen molar-refractivity contribution in [1.82, 2.24) is 20.2 Å². The second-order valence-electron chi connectivity index (χ2n) is 6.41. The molecule has 2 heterocycles. The van der Waals surface area contributed by atoms with Gasteiger partial charge in [-0.3, -0.25) is 19.9 Å². The van der Waals surface area contributed by atoms with E-state index in [1.54, 1.807) is 6.20 Å². The topological polar surface area (TPSA) is 115 Å². The molecule has 0 amide bonds. The van der Waals surface area contributed by atoms with Crippen molar-refractivity contribution in [2.45, 2.75) is 12.1 Å². The van der Waals surface area contributed by atoms with Crippen LogP contribution in [0.5, 0.6) is 0 Å². The Morgan fingerprint density at radius 1 is 1.10 bits per heavy atom. The van der Waals surface area contributed by atoms with Crippen LogP contribution in [-0.2, 0) is 4.79 Å². The molecule has 0 aliphatic heterocycles. The monoisotopic (exact) mass is 405 g/mol. The number of hydrogen-bond acceptors (Lipinski definition) is 7. The van der Waals surface area contributed by atoms with Gasteiger partial charge in [0.25, 0.3) is 5.69 Å². The van der Waals surface area contributed by atoms with Crippen molar-refractivity contribution in [3.05, 3.63) is 64.8 Å². The van der Waals surface area contributed by atoms with Gasteiger partial charge in [-0.1, -0.05) is 23.9 Å². The second-order valence-corrected chi connectivity index (χ2v) is 7.37. The van der Waals surface area contributed by atoms with Crippen LogP contribution in [0, 0.1) is 10.1 Å². The first-order valence-electron chi connectivity index (χ1n) is 8.69. The summed E-state index contributed by atoms with van der Waals surface area (Å²) in [5.74, 6) is 0.708. The normalized spacial score (nSPS) is 10.9. The summed E-state index contributed by atoms with van der Waals surface area (Å²) in [6, 6.07) is 14.3. The highest BCUT2D eigenvalue weighted by molar-refractivity contribution is 7.99. The fourth-order valence-corrected chi connectivity index (χ4v) is 3.49. The number of fused-ring (bicyclic) bond motifs is 1. The molecule has 0 saturated heterocycles. The van der Waals surface area contributed by atoms with Gasteiger partial charge in [0.15, 0.2) is 11.0 Å². The average Bonchev–Trinajstić information content (AvgIpc) is 3.20. The van der Waals surface area contributed by atoms with Gasteiger partial charge in [0, 0.05) is 29.3 Å². The second kappa shape index (κ2) is 7.80. The van der Waals surface area contributed by atoms with Gasteiger partial charge in [0.2, 0.25) is 0 Å². The minimum atomic E-state index is -0.433. The quantitative estimate of drug-likeness (QED) is 0.289. The molecule has 0 saturated carbocycles. The van der Waals surface area contributed by atoms with E-state index >= 15 is 0 Å². The van der Waals surface area contributed by atoms with E-state index in [4.69, 9.17) is 0 Å². The number of aromatic nitrogens is 4. The number of hydrogen-bond donors (Lipinski definition) is 1. The minimum absolute atomic E-state index is 0.0244. The summed E-state index contributed by atoms with van der Waals surface area (Å²) < 4.78 is 0. The number of carbonyl (C=O) groups is 1. The summed E-state index contributed by atoms with van der Waals surface area (Å²) in [7, 11) is 0. The van der Waals surface area contributed by atoms with Crippen molar-refractivity contribution in [3.8, 4) is 22.5 Å². The summed E-state index contributed by atoms with van der Waals surface area (Å²) in [6.45, 7) is 1.50. The molecule has 0 aliphatic rings. The molecule has 0 fully saturated rings. The van der Waals surface area contributed by atoms with Gasteiger partial charge in [-0.25, -0.2) is 0 Å². The lowest BCUT2D eigenvalue weighted by Crippen LogP contribution is -1.93. The third kappa shape index (κ3) is 4.14. The molecule has 0 bridgehead atoms. The van der Waals surface area contributed by atoms with Crippen molar-refractivity contribution >= 4 is 34.1 Å². The zero-order chi connectivity index (χ0) is 20.4. The number of ketones is 1. The molecule has 2 aromatic carbocycles. The van der Waals surface area contributed by atoms with Crippen molar-refractivity contribution in [2.75, 3.05) is 5.75 Å². The molecule has 8 nitrogen and oxygen atoms in total. The van der Waals surface area contributed by atoms with E-state index in [1.165, 1.54) is 30.8 Å². The van der Waals surface area contributed by atoms with Gasteiger partial charge >= 0.3 is 0 Å². The first-order chi connectivity index (χ1) is 14.0. The number of nitrogens with zero attached hydrogens (tertiary/aromatic N) is 4. The van der Waals surface area contributed by atoms with Crippen LogP contribution >= 0.6 is 11.8 Å². The van der Waals surface area contributed by atoms with E-state index in [2.05, 4.69) is 20.2 Å². The van der Waals surface area contributed by atoms with Crippen molar-refractivity contribution < 1.29 is 9.72 Å². The van der Waals surface area contributed by atoms with Crippen LogP contribution in [0.1, 0.15) is 6.92 Å². The number of thioether (sulfide) groups is 1. The highest BCUT2D eigenvalue weighted by Gasteiger charge is 2.15. The van der Waals surface area contributed by atoms with Crippen LogP contribution in [0.2, 0.25) is 0 Å². The zero-order valence-corrected chi connectivity index (χ0v) is 16.1. The molecule has 0 spiro atoms. The molecule has 1 N–H and O–H groups in total. The summed E-state index contributed by atoms with van der Waals surface area (Å²) in [5.41, 5.74) is 2.88. The molecular weight excluding hydrogens is 390 g/mol. The SMILES string of the molecule is CC(=O)CSc1nnc(-c2cc(-c3ccc4ncccc4c3)cc([N+](=O)[O-])c2)[nH]1. The number of aromatic amines is 1. The Bertz CT molecular complexity index is 1240. The number of rotatable bonds is 6. The molecule has 4 rings (SSSR count). The lowest BCUT2D eigenvalue weighted by Gasteiger charge is -2.06. The molecule has 0 radical (unpaired) electrons. The molecule has 0 atom stereocenters. The Labute approximate surface area is 169 Å². The lowest BCUT2D eigenvalue weighted by atomic mass is 10.00. The van der Waals surface area contributed by atoms with E-state index in [9.17, 15) is 14.9 Å². The summed E-state index contributed by atoms with van der Waals surface area (Å²) >= 11 is 1.24. The molecule has 2 aromatic heterocycles. The van der Waals surface area contributed by atoms with Crippen molar-refractivity contribution in [2.24, 2.45) is 0 Å². The van der Waals surface area contributed by atoms with Crippen molar-refractivity contribution in [3.63, 3.8) is 0 Å². The molecular formula is C20H15N5O3S. The number of nitrogens with one attached hydrogen (secondary N) is 1. The number of pyridine rings is 1. The Morgan fingerprint density at radius 3 is 2.72 bits per heavy atom. The molecule has 144 valence electrons. The Morgan fingerprint density at radius 2 is 1.93 bits per heavy atom. The maximum atomic E-state index is 11.5. The van der Waals surface area contributed by atoms with Gasteiger partial charge in [-0.2, -0.15) is 0 Å². The third-order valence-corrected chi connectivity index (χ3v) is 5.22. The number of nitro benzene ring substituents is 1. The number of carbonyl (C=O) groups excluding carboxylic acids is 1. The van der Waals surface area contributed by atoms with Gasteiger partial charge in [0.05, 0.1) is 16.2 Å². The summed E-state index contributed by atoms with van der Waals surface area (Å²) in [6.07, 6.45) is 1.72. The van der Waals surface area contributed by atoms with E-state index in [0.717, 1.165) is 16.5 Å². The van der Waals surface area contributed by atoms with Gasteiger partial charge in [-0.05, 0) is 42.3 Å². The van der Waals surface area contributed by atoms with Crippen molar-refractivity contribution in [1.29, 1.82) is 0 Å². The van der Waals surface area contributed by atoms with E-state index in [-0.39, 0.29) is 17.2 Å². The standard InChI is InChI=1S/C20H15N5O3S/c1-12(26)11-29-20-22-19(23-24-20)16-8-15(9-17(10-16)25(27)28)13-4-5-18-14(7-13)3-2-6-21-18/h2-10H,11H2,1H3,(H,22,23,24). The number of non-ortho nitro benzene ring substituents is 1. The first-order valence-corrected chi connectivity index (χ1v) is 9.68. The van der Waals surface area contributed by atoms with Crippen LogP contribution in [0.15, 0.2) is 59.9 Å². The van der Waals surface area contributed by atoms with Gasteiger partial charge in [-0.15, -0.1) is 10.2 Å². The van der Waals surface area contributed by atoms with Crippen LogP contribution in [0.25, 0.3) is 33.4 Å². The van der Waals surface area contributed by atoms with Crippen LogP contribution in [-0.4, -0.2) is 36.6 Å². The predicted octanol–water partition coefficient (Wildman–Crippen LogP) is 4.28. The van der Waals surface area contributed by atoms with Gasteiger partial charge in [0.1, 0.15) is 5.78 Å². The summed E-state index contributed by atoms with van der Waals surface area (Å²) in [5, 5.41) is 21.0. The molecule has 0 unspecified atom stereocenters. The molecule has 4 aromatic rings. The molecule has 29 heavy (non-hydrogen) atoms. The Kier molecular flexibility index (Phi) is 5.05. The average molecular weight is 405 g/mol. The fraction of sp³-hybridized carbons (Fsp3) is 0.100. The Balaban J connectivity index is 1.76. The predicted molar refractivity (Wildman–Crippen MR) is 111 cm³/mol. The smallest absolute Gasteiger partial charge is 0.270 e. The van der Waals surface area contributed by atoms with Crippen LogP contribution < -0.4 is 0 Å². The largest absolute Gasteiger partial charge is 0.316 e. The highest BCUT2D eigenvalue weighted by Crippen LogP contribution is 2.32. The number of H-pyrrole nitrogens is 1. The third-order valence-electron chi connectivity index (χ3n) is 4.22. The summed E-state index contributed by atoms with van der Waals surface area (Å²) in [4.78, 5) is 29.5. The molecule has 9 heteroatoms. The van der Waals surface area contributed by atoms with Crippen LogP contribution in [0.3, 0.4) is 0 Å². The fourth-order valence-electron chi connectivity index (χ4n) is 2.89. The van der Waals surface area contributed by atoms with Gasteiger partial charge < -0.3 is 4.98 Å².